The van der Waals surface area contributed by atoms with Gasteiger partial charge in [-0.25, -0.2) is 0 Å². The molecule has 0 saturated carbocycles. The zero-order valence-corrected chi connectivity index (χ0v) is 13.2. The lowest BCUT2D eigenvalue weighted by Crippen LogP contribution is -1.98. The number of ether oxygens (including phenoxy) is 1. The molecule has 0 aliphatic heterocycles. The number of carbonyl (C=O) groups excluding carboxylic acids is 1. The first-order chi connectivity index (χ1) is 9.15. The van der Waals surface area contributed by atoms with Crippen LogP contribution in [0.2, 0.25) is 5.02 Å². The van der Waals surface area contributed by atoms with Crippen LogP contribution in [0, 0.1) is 0 Å². The van der Waals surface area contributed by atoms with Gasteiger partial charge in [0, 0.05) is 6.42 Å². The number of rotatable bonds is 7. The van der Waals surface area contributed by atoms with Gasteiger partial charge in [-0.3, -0.25) is 0 Å². The minimum absolute atomic E-state index is 0.222. The van der Waals surface area contributed by atoms with E-state index in [1.54, 1.807) is 6.92 Å². The molecule has 0 fully saturated rings. The summed E-state index contributed by atoms with van der Waals surface area (Å²) in [4.78, 5) is 10.9. The van der Waals surface area contributed by atoms with Crippen molar-refractivity contribution in [2.45, 2.75) is 53.4 Å². The molecule has 19 heavy (non-hydrogen) atoms. The second kappa shape index (κ2) is 10.9. The van der Waals surface area contributed by atoms with Gasteiger partial charge in [0.25, 0.3) is 0 Å². The molecule has 0 atom stereocenters. The Kier molecular flexibility index (Phi) is 10.3. The lowest BCUT2D eigenvalue weighted by atomic mass is 10.1. The Labute approximate surface area is 122 Å². The van der Waals surface area contributed by atoms with Gasteiger partial charge in [0.1, 0.15) is 11.5 Å². The van der Waals surface area contributed by atoms with Crippen molar-refractivity contribution < 1.29 is 9.53 Å². The van der Waals surface area contributed by atoms with Crippen molar-refractivity contribution in [1.82, 2.24) is 0 Å². The largest absolute Gasteiger partial charge is 0.492 e. The first-order valence-electron chi connectivity index (χ1n) is 7.04. The van der Waals surface area contributed by atoms with E-state index in [1.165, 1.54) is 0 Å². The highest BCUT2D eigenvalue weighted by atomic mass is 35.5. The quantitative estimate of drug-likeness (QED) is 0.699. The van der Waals surface area contributed by atoms with Crippen molar-refractivity contribution in [1.29, 1.82) is 0 Å². The van der Waals surface area contributed by atoms with E-state index in [0.29, 0.717) is 18.1 Å². The summed E-state index contributed by atoms with van der Waals surface area (Å²) < 4.78 is 5.56. The van der Waals surface area contributed by atoms with E-state index in [1.807, 2.05) is 32.0 Å². The van der Waals surface area contributed by atoms with E-state index < -0.39 is 0 Å². The summed E-state index contributed by atoms with van der Waals surface area (Å²) in [6.07, 6.45) is 3.23. The predicted molar refractivity (Wildman–Crippen MR) is 82.2 cm³/mol. The van der Waals surface area contributed by atoms with Gasteiger partial charge in [-0.15, -0.1) is 0 Å². The van der Waals surface area contributed by atoms with Gasteiger partial charge in [-0.1, -0.05) is 44.5 Å². The first-order valence-corrected chi connectivity index (χ1v) is 7.42. The number of carbonyl (C=O) groups is 1. The number of benzene rings is 1. The van der Waals surface area contributed by atoms with Crippen LogP contribution in [-0.2, 0) is 11.2 Å². The van der Waals surface area contributed by atoms with Gasteiger partial charge in [0.05, 0.1) is 11.6 Å². The van der Waals surface area contributed by atoms with Crippen molar-refractivity contribution in [3.05, 3.63) is 28.8 Å². The topological polar surface area (TPSA) is 26.3 Å². The van der Waals surface area contributed by atoms with Gasteiger partial charge in [0.2, 0.25) is 0 Å². The third kappa shape index (κ3) is 7.22. The highest BCUT2D eigenvalue weighted by Gasteiger charge is 2.07. The molecule has 1 aromatic rings. The van der Waals surface area contributed by atoms with Gasteiger partial charge < -0.3 is 9.53 Å². The van der Waals surface area contributed by atoms with Crippen LogP contribution in [0.5, 0.6) is 5.75 Å². The molecule has 0 bridgehead atoms. The molecule has 0 unspecified atom stereocenters. The maximum Gasteiger partial charge on any atom is 0.138 e. The van der Waals surface area contributed by atoms with Crippen molar-refractivity contribution in [2.75, 3.05) is 6.61 Å². The molecule has 0 aliphatic carbocycles. The van der Waals surface area contributed by atoms with E-state index in [0.717, 1.165) is 30.6 Å². The molecule has 1 aromatic carbocycles. The first kappa shape index (κ1) is 18.0. The molecular weight excluding hydrogens is 260 g/mol. The van der Waals surface area contributed by atoms with Crippen LogP contribution in [0.1, 0.15) is 52.5 Å². The average Bonchev–Trinajstić information content (AvgIpc) is 2.41. The molecule has 0 N–H and O–H groups in total. The van der Waals surface area contributed by atoms with Gasteiger partial charge in [-0.05, 0) is 37.8 Å². The summed E-state index contributed by atoms with van der Waals surface area (Å²) in [5.74, 6) is 0.966. The normalized spacial score (nSPS) is 9.53. The summed E-state index contributed by atoms with van der Waals surface area (Å²) in [7, 11) is 0. The molecule has 3 heteroatoms. The van der Waals surface area contributed by atoms with Crippen LogP contribution in [0.15, 0.2) is 18.2 Å². The SMILES string of the molecule is CC.CCCOc1cccc(CCCC(C)=O)c1Cl. The smallest absolute Gasteiger partial charge is 0.138 e. The number of halogens is 1. The number of ketones is 1. The fourth-order valence-corrected chi connectivity index (χ4v) is 1.88. The van der Waals surface area contributed by atoms with Crippen molar-refractivity contribution >= 4 is 17.4 Å². The molecule has 2 nitrogen and oxygen atoms in total. The molecule has 108 valence electrons. The Morgan fingerprint density at radius 3 is 2.58 bits per heavy atom. The molecule has 0 amide bonds. The fourth-order valence-electron chi connectivity index (χ4n) is 1.60. The minimum atomic E-state index is 0.222. The Balaban J connectivity index is 0.00000154. The van der Waals surface area contributed by atoms with E-state index in [9.17, 15) is 4.79 Å². The molecule has 1 rings (SSSR count). The zero-order valence-electron chi connectivity index (χ0n) is 12.5. The molecular formula is C16H25ClO2. The predicted octanol–water partition coefficient (Wildman–Crippen LogP) is 5.07. The van der Waals surface area contributed by atoms with Crippen molar-refractivity contribution in [3.63, 3.8) is 0 Å². The third-order valence-corrected chi connectivity index (χ3v) is 2.91. The Hall–Kier alpha value is -1.02. The summed E-state index contributed by atoms with van der Waals surface area (Å²) in [6, 6.07) is 5.81. The van der Waals surface area contributed by atoms with Gasteiger partial charge in [0.15, 0.2) is 0 Å². The standard InChI is InChI=1S/C14H19ClO2.C2H6/c1-3-10-17-13-9-5-8-12(14(13)15)7-4-6-11(2)16;1-2/h5,8-9H,3-4,6-7,10H2,1-2H3;1-2H3. The number of Topliss-reactive ketones (excluding diaryl/α,β-unsaturated/α-hetero) is 1. The summed E-state index contributed by atoms with van der Waals surface area (Å²) in [5, 5.41) is 0.685. The fraction of sp³-hybridized carbons (Fsp3) is 0.562. The summed E-state index contributed by atoms with van der Waals surface area (Å²) in [6.45, 7) is 8.35. The second-order valence-corrected chi connectivity index (χ2v) is 4.51. The summed E-state index contributed by atoms with van der Waals surface area (Å²) in [5.41, 5.74) is 1.06. The molecule has 0 radical (unpaired) electrons. The Morgan fingerprint density at radius 2 is 2.00 bits per heavy atom. The lowest BCUT2D eigenvalue weighted by Gasteiger charge is -2.10. The highest BCUT2D eigenvalue weighted by molar-refractivity contribution is 6.32. The number of hydrogen-bond donors (Lipinski definition) is 0. The lowest BCUT2D eigenvalue weighted by molar-refractivity contribution is -0.117. The van der Waals surface area contributed by atoms with E-state index in [-0.39, 0.29) is 5.78 Å². The van der Waals surface area contributed by atoms with Crippen LogP contribution >= 0.6 is 11.6 Å². The molecule has 0 heterocycles. The maximum atomic E-state index is 10.9. The molecule has 0 saturated heterocycles. The van der Waals surface area contributed by atoms with Crippen molar-refractivity contribution in [3.8, 4) is 5.75 Å². The van der Waals surface area contributed by atoms with Gasteiger partial charge >= 0.3 is 0 Å². The zero-order chi connectivity index (χ0) is 14.7. The van der Waals surface area contributed by atoms with Crippen LogP contribution in [0.4, 0.5) is 0 Å². The van der Waals surface area contributed by atoms with E-state index >= 15 is 0 Å². The monoisotopic (exact) mass is 284 g/mol. The van der Waals surface area contributed by atoms with Gasteiger partial charge in [-0.2, -0.15) is 0 Å². The van der Waals surface area contributed by atoms with Crippen LogP contribution in [0.25, 0.3) is 0 Å². The molecule has 0 aromatic heterocycles. The Morgan fingerprint density at radius 1 is 1.32 bits per heavy atom. The maximum absolute atomic E-state index is 10.9. The third-order valence-electron chi connectivity index (χ3n) is 2.48. The highest BCUT2D eigenvalue weighted by Crippen LogP contribution is 2.29. The molecule has 0 spiro atoms. The summed E-state index contributed by atoms with van der Waals surface area (Å²) >= 11 is 6.25. The van der Waals surface area contributed by atoms with Crippen LogP contribution < -0.4 is 4.74 Å². The van der Waals surface area contributed by atoms with E-state index in [4.69, 9.17) is 16.3 Å². The second-order valence-electron chi connectivity index (χ2n) is 4.13. The number of aryl methyl sites for hydroxylation is 1. The van der Waals surface area contributed by atoms with Crippen LogP contribution in [0.3, 0.4) is 0 Å². The van der Waals surface area contributed by atoms with E-state index in [2.05, 4.69) is 6.92 Å². The Bertz CT molecular complexity index is 375. The average molecular weight is 285 g/mol. The minimum Gasteiger partial charge on any atom is -0.492 e. The molecule has 0 aliphatic rings. The number of hydrogen-bond acceptors (Lipinski definition) is 2. The van der Waals surface area contributed by atoms with Crippen LogP contribution in [-0.4, -0.2) is 12.4 Å². The van der Waals surface area contributed by atoms with Crippen molar-refractivity contribution in [2.24, 2.45) is 0 Å².